The second-order valence-corrected chi connectivity index (χ2v) is 7.26. The maximum absolute atomic E-state index is 13.2. The molecule has 0 amide bonds. The molecule has 2 aromatic rings. The Morgan fingerprint density at radius 2 is 1.82 bits per heavy atom. The molecule has 1 aliphatic heterocycles. The lowest BCUT2D eigenvalue weighted by Crippen LogP contribution is -2.23. The molecule has 5 heteroatoms. The van der Waals surface area contributed by atoms with E-state index < -0.39 is 13.3 Å². The molecule has 2 unspecified atom stereocenters. The first-order valence-electron chi connectivity index (χ1n) is 7.19. The van der Waals surface area contributed by atoms with E-state index in [2.05, 4.69) is 0 Å². The monoisotopic (exact) mass is 316 g/mol. The maximum atomic E-state index is 13.2. The van der Waals surface area contributed by atoms with Crippen molar-refractivity contribution in [1.82, 2.24) is 0 Å². The van der Waals surface area contributed by atoms with Gasteiger partial charge < -0.3 is 4.52 Å². The van der Waals surface area contributed by atoms with Gasteiger partial charge in [-0.2, -0.15) is 0 Å². The van der Waals surface area contributed by atoms with Gasteiger partial charge in [0.15, 0.2) is 11.4 Å². The van der Waals surface area contributed by atoms with Crippen LogP contribution in [-0.2, 0) is 9.09 Å². The van der Waals surface area contributed by atoms with E-state index in [-0.39, 0.29) is 12.4 Å². The van der Waals surface area contributed by atoms with Gasteiger partial charge in [-0.1, -0.05) is 42.0 Å². The highest BCUT2D eigenvalue weighted by Crippen LogP contribution is 2.64. The molecule has 2 atom stereocenters. The van der Waals surface area contributed by atoms with Crippen molar-refractivity contribution in [3.8, 4) is 5.75 Å². The Hall–Kier alpha value is -1.90. The third kappa shape index (κ3) is 2.49. The van der Waals surface area contributed by atoms with Gasteiger partial charge in [0.05, 0.1) is 12.2 Å². The third-order valence-corrected chi connectivity index (χ3v) is 5.88. The van der Waals surface area contributed by atoms with E-state index in [9.17, 15) is 9.36 Å². The number of para-hydroxylation sites is 1. The van der Waals surface area contributed by atoms with Gasteiger partial charge in [0, 0.05) is 0 Å². The van der Waals surface area contributed by atoms with Crippen LogP contribution < -0.4 is 4.52 Å². The zero-order valence-electron chi connectivity index (χ0n) is 12.5. The molecule has 4 nitrogen and oxygen atoms in total. The quantitative estimate of drug-likeness (QED) is 0.780. The van der Waals surface area contributed by atoms with Crippen molar-refractivity contribution in [1.29, 1.82) is 0 Å². The van der Waals surface area contributed by atoms with E-state index >= 15 is 0 Å². The van der Waals surface area contributed by atoms with Crippen LogP contribution in [0.15, 0.2) is 48.5 Å². The zero-order valence-corrected chi connectivity index (χ0v) is 13.4. The average Bonchev–Trinajstić information content (AvgIpc) is 2.49. The van der Waals surface area contributed by atoms with Crippen molar-refractivity contribution in [3.05, 3.63) is 65.2 Å². The van der Waals surface area contributed by atoms with E-state index in [1.165, 1.54) is 0 Å². The summed E-state index contributed by atoms with van der Waals surface area (Å²) in [6.07, 6.45) is 0. The fourth-order valence-electron chi connectivity index (χ4n) is 2.59. The molecule has 1 heterocycles. The van der Waals surface area contributed by atoms with E-state index in [0.717, 1.165) is 5.56 Å². The summed E-state index contributed by atoms with van der Waals surface area (Å²) in [5, 5.41) is 0. The Kier molecular flexibility index (Phi) is 3.90. The van der Waals surface area contributed by atoms with Crippen LogP contribution in [0, 0.1) is 6.92 Å². The first kappa shape index (κ1) is 15.0. The van der Waals surface area contributed by atoms with Gasteiger partial charge in [0.2, 0.25) is 0 Å². The molecule has 0 N–H and O–H groups in total. The summed E-state index contributed by atoms with van der Waals surface area (Å²) in [4.78, 5) is 12.9. The van der Waals surface area contributed by atoms with Gasteiger partial charge in [0.1, 0.15) is 5.75 Å². The summed E-state index contributed by atoms with van der Waals surface area (Å²) >= 11 is 0. The van der Waals surface area contributed by atoms with Gasteiger partial charge in [-0.15, -0.1) is 0 Å². The lowest BCUT2D eigenvalue weighted by molar-refractivity contribution is 0.0961. The molecule has 114 valence electrons. The van der Waals surface area contributed by atoms with Crippen molar-refractivity contribution in [2.24, 2.45) is 0 Å². The molecule has 3 rings (SSSR count). The predicted octanol–water partition coefficient (Wildman–Crippen LogP) is 4.54. The van der Waals surface area contributed by atoms with Crippen molar-refractivity contribution in [2.75, 3.05) is 6.61 Å². The Balaban J connectivity index is 2.14. The molecular weight excluding hydrogens is 299 g/mol. The Bertz CT molecular complexity index is 752. The van der Waals surface area contributed by atoms with Crippen molar-refractivity contribution < 1.29 is 18.4 Å². The van der Waals surface area contributed by atoms with E-state index in [1.54, 1.807) is 43.3 Å². The minimum atomic E-state index is -3.60. The van der Waals surface area contributed by atoms with E-state index in [4.69, 9.17) is 9.05 Å². The molecule has 0 aromatic heterocycles. The van der Waals surface area contributed by atoms with Crippen LogP contribution in [0.4, 0.5) is 0 Å². The molecule has 1 aliphatic rings. The summed E-state index contributed by atoms with van der Waals surface area (Å²) in [6.45, 7) is 3.91. The predicted molar refractivity (Wildman–Crippen MR) is 84.6 cm³/mol. The highest BCUT2D eigenvalue weighted by atomic mass is 31.2. The number of rotatable bonds is 3. The molecule has 0 saturated heterocycles. The topological polar surface area (TPSA) is 52.6 Å². The van der Waals surface area contributed by atoms with Gasteiger partial charge in [-0.3, -0.25) is 9.32 Å². The second kappa shape index (κ2) is 5.71. The number of carbonyl (C=O) groups is 1. The molecule has 0 saturated carbocycles. The lowest BCUT2D eigenvalue weighted by Gasteiger charge is -2.31. The lowest BCUT2D eigenvalue weighted by atomic mass is 10.0. The smallest absolute Gasteiger partial charge is 0.394 e. The summed E-state index contributed by atoms with van der Waals surface area (Å²) in [5.74, 6) is 0.107. The van der Waals surface area contributed by atoms with Gasteiger partial charge in [-0.25, -0.2) is 4.57 Å². The number of fused-ring (bicyclic) bond motifs is 1. The van der Waals surface area contributed by atoms with Crippen LogP contribution in [0.3, 0.4) is 0 Å². The number of carbonyl (C=O) groups excluding carboxylic acids is 1. The highest BCUT2D eigenvalue weighted by Gasteiger charge is 2.48. The number of aryl methyl sites for hydroxylation is 1. The number of benzene rings is 2. The van der Waals surface area contributed by atoms with E-state index in [1.807, 2.05) is 19.1 Å². The van der Waals surface area contributed by atoms with Crippen LogP contribution in [-0.4, -0.2) is 12.4 Å². The third-order valence-electron chi connectivity index (χ3n) is 3.64. The van der Waals surface area contributed by atoms with Crippen LogP contribution in [0.1, 0.15) is 34.1 Å². The van der Waals surface area contributed by atoms with Gasteiger partial charge >= 0.3 is 7.60 Å². The minimum Gasteiger partial charge on any atom is -0.423 e. The molecule has 0 radical (unpaired) electrons. The Morgan fingerprint density at radius 3 is 2.50 bits per heavy atom. The summed E-state index contributed by atoms with van der Waals surface area (Å²) < 4.78 is 24.2. The highest BCUT2D eigenvalue weighted by molar-refractivity contribution is 7.56. The van der Waals surface area contributed by atoms with Crippen LogP contribution in [0.5, 0.6) is 5.75 Å². The summed E-state index contributed by atoms with van der Waals surface area (Å²) in [6, 6.07) is 14.2. The van der Waals surface area contributed by atoms with Crippen LogP contribution in [0.25, 0.3) is 0 Å². The normalized spacial score (nSPS) is 23.7. The number of ketones is 1. The molecule has 0 aliphatic carbocycles. The number of hydrogen-bond acceptors (Lipinski definition) is 4. The molecule has 0 bridgehead atoms. The largest absolute Gasteiger partial charge is 0.423 e. The fraction of sp³-hybridized carbons (Fsp3) is 0.235. The van der Waals surface area contributed by atoms with E-state index in [0.29, 0.717) is 16.9 Å². The molecule has 2 aromatic carbocycles. The second-order valence-electron chi connectivity index (χ2n) is 5.22. The van der Waals surface area contributed by atoms with Crippen LogP contribution >= 0.6 is 7.60 Å². The van der Waals surface area contributed by atoms with Crippen molar-refractivity contribution in [3.63, 3.8) is 0 Å². The summed E-state index contributed by atoms with van der Waals surface area (Å²) in [7, 11) is -3.60. The standard InChI is InChI=1S/C17H17O4P/c1-3-20-22(19)17(13-10-8-12(2)9-11-13)16(18)14-6-4-5-7-15(14)21-22/h4-11,17H,3H2,1-2H3. The van der Waals surface area contributed by atoms with Gasteiger partial charge in [0.25, 0.3) is 0 Å². The zero-order chi connectivity index (χ0) is 15.7. The Morgan fingerprint density at radius 1 is 1.14 bits per heavy atom. The molecule has 22 heavy (non-hydrogen) atoms. The SMILES string of the molecule is CCOP1(=O)Oc2ccccc2C(=O)C1c1ccc(C)cc1. The minimum absolute atomic E-state index is 0.217. The molecule has 0 fully saturated rings. The van der Waals surface area contributed by atoms with Crippen molar-refractivity contribution in [2.45, 2.75) is 19.5 Å². The Labute approximate surface area is 129 Å². The molecule has 0 spiro atoms. The number of Topliss-reactive ketones (excluding diaryl/α,β-unsaturated/α-hetero) is 1. The first-order valence-corrected chi connectivity index (χ1v) is 8.80. The summed E-state index contributed by atoms with van der Waals surface area (Å²) in [5.41, 5.74) is 1.25. The maximum Gasteiger partial charge on any atom is 0.394 e. The fourth-order valence-corrected chi connectivity index (χ4v) is 4.66. The molecular formula is C17H17O4P. The number of hydrogen-bond donors (Lipinski definition) is 0. The average molecular weight is 316 g/mol. The van der Waals surface area contributed by atoms with Crippen LogP contribution in [0.2, 0.25) is 0 Å². The van der Waals surface area contributed by atoms with Gasteiger partial charge in [-0.05, 0) is 31.5 Å². The van der Waals surface area contributed by atoms with Crippen molar-refractivity contribution >= 4 is 13.4 Å². The first-order chi connectivity index (χ1) is 10.5.